The van der Waals surface area contributed by atoms with Crippen LogP contribution in [-0.4, -0.2) is 4.98 Å². The molecule has 14 heavy (non-hydrogen) atoms. The van der Waals surface area contributed by atoms with Crippen LogP contribution >= 0.6 is 0 Å². The van der Waals surface area contributed by atoms with Crippen molar-refractivity contribution < 1.29 is 21.1 Å². The van der Waals surface area contributed by atoms with Gasteiger partial charge in [-0.25, -0.2) is 0 Å². The van der Waals surface area contributed by atoms with Crippen LogP contribution in [0.15, 0.2) is 18.3 Å². The zero-order valence-electron chi connectivity index (χ0n) is 9.66. The molecule has 1 aromatic rings. The van der Waals surface area contributed by atoms with Crippen molar-refractivity contribution in [2.24, 2.45) is 0 Å². The summed E-state index contributed by atoms with van der Waals surface area (Å²) in [6.45, 7) is 10.4. The number of aromatic nitrogens is 1. The maximum Gasteiger partial charge on any atom is 2.00 e. The molecule has 2 heteroatoms. The zero-order valence-corrected chi connectivity index (χ0v) is 12.6. The van der Waals surface area contributed by atoms with E-state index in [9.17, 15) is 0 Å². The SMILES string of the molecule is CC(C)(C)c1c[c-]ccn1.C[CH-]C.[W+2]. The summed E-state index contributed by atoms with van der Waals surface area (Å²) in [5.74, 6) is 0. The molecular formula is C12H19NW. The van der Waals surface area contributed by atoms with Crippen molar-refractivity contribution in [1.82, 2.24) is 4.98 Å². The maximum atomic E-state index is 4.22. The summed E-state index contributed by atoms with van der Waals surface area (Å²) in [6, 6.07) is 6.75. The van der Waals surface area contributed by atoms with Gasteiger partial charge >= 0.3 is 21.1 Å². The summed E-state index contributed by atoms with van der Waals surface area (Å²) in [4.78, 5) is 4.22. The maximum absolute atomic E-state index is 4.22. The number of rotatable bonds is 0. The van der Waals surface area contributed by atoms with Crippen molar-refractivity contribution in [3.8, 4) is 0 Å². The third-order valence-electron chi connectivity index (χ3n) is 1.37. The Morgan fingerprint density at radius 3 is 2.00 bits per heavy atom. The third-order valence-corrected chi connectivity index (χ3v) is 1.37. The molecule has 0 spiro atoms. The van der Waals surface area contributed by atoms with E-state index in [1.54, 1.807) is 6.20 Å². The molecule has 0 aliphatic rings. The molecule has 0 aliphatic heterocycles. The van der Waals surface area contributed by atoms with Crippen molar-refractivity contribution in [3.63, 3.8) is 0 Å². The second-order valence-electron chi connectivity index (χ2n) is 3.97. The molecule has 0 amide bonds. The monoisotopic (exact) mass is 361 g/mol. The van der Waals surface area contributed by atoms with Gasteiger partial charge in [-0.3, -0.25) is 0 Å². The van der Waals surface area contributed by atoms with Crippen LogP contribution in [0.4, 0.5) is 0 Å². The predicted molar refractivity (Wildman–Crippen MR) is 57.4 cm³/mol. The van der Waals surface area contributed by atoms with Crippen LogP contribution in [0.3, 0.4) is 0 Å². The second kappa shape index (κ2) is 8.17. The summed E-state index contributed by atoms with van der Waals surface area (Å²) in [7, 11) is 0. The van der Waals surface area contributed by atoms with Gasteiger partial charge in [0.15, 0.2) is 0 Å². The summed E-state index contributed by atoms with van der Waals surface area (Å²) in [6.07, 6.45) is 3.78. The second-order valence-corrected chi connectivity index (χ2v) is 3.97. The molecule has 0 saturated carbocycles. The first-order chi connectivity index (χ1) is 6.02. The molecule has 1 nitrogen and oxygen atoms in total. The molecule has 0 radical (unpaired) electrons. The minimum absolute atomic E-state index is 0. The number of hydrogen-bond donors (Lipinski definition) is 0. The predicted octanol–water partition coefficient (Wildman–Crippen LogP) is 3.41. The summed E-state index contributed by atoms with van der Waals surface area (Å²) in [5.41, 5.74) is 1.24. The molecule has 0 aliphatic carbocycles. The number of nitrogens with zero attached hydrogens (tertiary/aromatic N) is 1. The Hall–Kier alpha value is -0.162. The van der Waals surface area contributed by atoms with Crippen LogP contribution in [0, 0.1) is 12.5 Å². The van der Waals surface area contributed by atoms with Gasteiger partial charge in [-0.05, 0) is 5.41 Å². The molecule has 0 unspecified atom stereocenters. The van der Waals surface area contributed by atoms with E-state index < -0.39 is 0 Å². The third kappa shape index (κ3) is 7.26. The Kier molecular flexibility index (Phi) is 9.50. The normalized spacial score (nSPS) is 9.50. The smallest absolute Gasteiger partial charge is 0.387 e. The van der Waals surface area contributed by atoms with Gasteiger partial charge in [-0.1, -0.05) is 32.7 Å². The Bertz CT molecular complexity index is 214. The molecule has 0 N–H and O–H groups in total. The largest absolute Gasteiger partial charge is 2.00 e. The van der Waals surface area contributed by atoms with Crippen LogP contribution < -0.4 is 0 Å². The first kappa shape index (κ1) is 16.3. The first-order valence-electron chi connectivity index (χ1n) is 4.59. The Balaban J connectivity index is 0. The molecule has 0 fully saturated rings. The fourth-order valence-corrected chi connectivity index (χ4v) is 0.735. The summed E-state index contributed by atoms with van der Waals surface area (Å²) in [5, 5.41) is 0. The van der Waals surface area contributed by atoms with Crippen molar-refractivity contribution in [1.29, 1.82) is 0 Å². The van der Waals surface area contributed by atoms with Crippen LogP contribution in [0.1, 0.15) is 40.3 Å². The molecule has 0 bridgehead atoms. The van der Waals surface area contributed by atoms with Crippen LogP contribution in [-0.2, 0) is 26.5 Å². The van der Waals surface area contributed by atoms with Crippen molar-refractivity contribution >= 4 is 0 Å². The summed E-state index contributed by atoms with van der Waals surface area (Å²) >= 11 is 0. The van der Waals surface area contributed by atoms with Crippen molar-refractivity contribution in [2.75, 3.05) is 0 Å². The molecule has 1 rings (SSSR count). The first-order valence-corrected chi connectivity index (χ1v) is 4.59. The van der Waals surface area contributed by atoms with Crippen molar-refractivity contribution in [3.05, 3.63) is 36.5 Å². The van der Waals surface area contributed by atoms with Gasteiger partial charge in [-0.15, -0.1) is 0 Å². The summed E-state index contributed by atoms with van der Waals surface area (Å²) < 4.78 is 0. The van der Waals surface area contributed by atoms with E-state index in [0.717, 1.165) is 5.69 Å². The van der Waals surface area contributed by atoms with Crippen molar-refractivity contribution in [2.45, 2.75) is 40.0 Å². The van der Waals surface area contributed by atoms with E-state index in [4.69, 9.17) is 0 Å². The Labute approximate surface area is 103 Å². The van der Waals surface area contributed by atoms with Gasteiger partial charge in [0.2, 0.25) is 0 Å². The Morgan fingerprint density at radius 2 is 1.79 bits per heavy atom. The fourth-order valence-electron chi connectivity index (χ4n) is 0.735. The van der Waals surface area contributed by atoms with E-state index in [2.05, 4.69) is 31.8 Å². The van der Waals surface area contributed by atoms with Gasteiger partial charge in [0.1, 0.15) is 0 Å². The van der Waals surface area contributed by atoms with Crippen LogP contribution in [0.25, 0.3) is 0 Å². The quantitative estimate of drug-likeness (QED) is 0.646. The number of pyridine rings is 1. The average Bonchev–Trinajstić information content (AvgIpc) is 2.06. The topological polar surface area (TPSA) is 12.9 Å². The van der Waals surface area contributed by atoms with E-state index >= 15 is 0 Å². The minimum Gasteiger partial charge on any atom is -0.387 e. The van der Waals surface area contributed by atoms with E-state index in [0.29, 0.717) is 0 Å². The molecule has 0 atom stereocenters. The van der Waals surface area contributed by atoms with Crippen LogP contribution in [0.5, 0.6) is 0 Å². The zero-order chi connectivity index (χ0) is 10.3. The minimum atomic E-state index is 0. The molecule has 1 aromatic heterocycles. The van der Waals surface area contributed by atoms with Gasteiger partial charge in [0, 0.05) is 0 Å². The van der Waals surface area contributed by atoms with E-state index in [1.807, 2.05) is 32.4 Å². The fraction of sp³-hybridized carbons (Fsp3) is 0.500. The molecule has 78 valence electrons. The molecule has 1 heterocycles. The Morgan fingerprint density at radius 1 is 1.29 bits per heavy atom. The van der Waals surface area contributed by atoms with Gasteiger partial charge in [0.25, 0.3) is 0 Å². The van der Waals surface area contributed by atoms with Gasteiger partial charge in [-0.2, -0.15) is 32.0 Å². The molecule has 0 saturated heterocycles. The molecular weight excluding hydrogens is 342 g/mol. The molecule has 0 aromatic carbocycles. The standard InChI is InChI=1S/C9H12N.C3H7.W/c1-9(2,3)8-6-4-5-7-10-8;1-3-2;/h5-7H,1-3H3;3H,1-2H3;/q2*-1;+2. The van der Waals surface area contributed by atoms with Gasteiger partial charge < -0.3 is 11.4 Å². The average molecular weight is 361 g/mol. The number of hydrogen-bond acceptors (Lipinski definition) is 1. The van der Waals surface area contributed by atoms with E-state index in [-0.39, 0.29) is 26.5 Å². The van der Waals surface area contributed by atoms with Gasteiger partial charge in [0.05, 0.1) is 0 Å². The van der Waals surface area contributed by atoms with E-state index in [1.165, 1.54) is 0 Å². The van der Waals surface area contributed by atoms with Crippen LogP contribution in [0.2, 0.25) is 0 Å².